The molecule has 0 saturated carbocycles. The first-order valence-electron chi connectivity index (χ1n) is 7.95. The summed E-state index contributed by atoms with van der Waals surface area (Å²) in [6.07, 6.45) is -4.70. The quantitative estimate of drug-likeness (QED) is 0.895. The van der Waals surface area contributed by atoms with Crippen LogP contribution in [0, 0.1) is 0 Å². The smallest absolute Gasteiger partial charge is 0.352 e. The number of carbonyl (C=O) groups is 1. The fraction of sp³-hybridized carbons (Fsp3) is 0.368. The number of nitrogens with one attached hydrogen (secondary N) is 1. The van der Waals surface area contributed by atoms with Gasteiger partial charge in [0.2, 0.25) is 5.91 Å². The Bertz CT molecular complexity index is 732. The lowest BCUT2D eigenvalue weighted by Crippen LogP contribution is -2.25. The molecule has 0 saturated heterocycles. The third kappa shape index (κ3) is 5.59. The number of carbonyl (C=O) groups excluding carboxylic acids is 1. The van der Waals surface area contributed by atoms with Gasteiger partial charge in [-0.2, -0.15) is 13.2 Å². The third-order valence-electron chi connectivity index (χ3n) is 3.75. The van der Waals surface area contributed by atoms with Crippen molar-refractivity contribution in [3.63, 3.8) is 0 Å². The van der Waals surface area contributed by atoms with Crippen molar-refractivity contribution in [2.75, 3.05) is 0 Å². The molecule has 3 nitrogen and oxygen atoms in total. The van der Waals surface area contributed by atoms with E-state index in [9.17, 15) is 18.0 Å². The number of aromatic nitrogens is 1. The van der Waals surface area contributed by atoms with Crippen molar-refractivity contribution in [3.05, 3.63) is 65.0 Å². The second kappa shape index (κ2) is 7.25. The Labute approximate surface area is 145 Å². The van der Waals surface area contributed by atoms with Crippen molar-refractivity contribution in [3.8, 4) is 0 Å². The summed E-state index contributed by atoms with van der Waals surface area (Å²) in [7, 11) is 0. The molecule has 0 aliphatic carbocycles. The van der Waals surface area contributed by atoms with Crippen LogP contribution in [0.5, 0.6) is 0 Å². The fourth-order valence-corrected chi connectivity index (χ4v) is 2.29. The molecule has 0 aliphatic heterocycles. The Balaban J connectivity index is 1.93. The van der Waals surface area contributed by atoms with Crippen LogP contribution in [0.3, 0.4) is 0 Å². The number of pyridine rings is 1. The van der Waals surface area contributed by atoms with E-state index in [1.165, 1.54) is 17.7 Å². The summed E-state index contributed by atoms with van der Waals surface area (Å²) < 4.78 is 37.9. The van der Waals surface area contributed by atoms with Gasteiger partial charge >= 0.3 is 6.18 Å². The highest BCUT2D eigenvalue weighted by Crippen LogP contribution is 2.27. The molecule has 0 radical (unpaired) electrons. The van der Waals surface area contributed by atoms with E-state index in [-0.39, 0.29) is 23.4 Å². The van der Waals surface area contributed by atoms with Gasteiger partial charge in [0, 0.05) is 6.54 Å². The minimum atomic E-state index is -4.51. The maximum atomic E-state index is 12.6. The van der Waals surface area contributed by atoms with Gasteiger partial charge in [-0.3, -0.25) is 4.79 Å². The van der Waals surface area contributed by atoms with E-state index in [0.717, 1.165) is 11.6 Å². The molecule has 1 amide bonds. The van der Waals surface area contributed by atoms with Crippen LogP contribution in [0.2, 0.25) is 0 Å². The molecule has 134 valence electrons. The zero-order valence-corrected chi connectivity index (χ0v) is 14.4. The van der Waals surface area contributed by atoms with Crippen molar-refractivity contribution in [1.29, 1.82) is 0 Å². The summed E-state index contributed by atoms with van der Waals surface area (Å²) in [4.78, 5) is 15.4. The van der Waals surface area contributed by atoms with Crippen LogP contribution in [-0.2, 0) is 29.4 Å². The summed E-state index contributed by atoms with van der Waals surface area (Å²) in [6.45, 7) is 6.67. The zero-order chi connectivity index (χ0) is 18.7. The number of alkyl halides is 3. The van der Waals surface area contributed by atoms with Gasteiger partial charge in [0.1, 0.15) is 5.69 Å². The lowest BCUT2D eigenvalue weighted by molar-refractivity contribution is -0.141. The second-order valence-corrected chi connectivity index (χ2v) is 6.91. The molecule has 0 bridgehead atoms. The van der Waals surface area contributed by atoms with Gasteiger partial charge in [-0.05, 0) is 28.7 Å². The summed E-state index contributed by atoms with van der Waals surface area (Å²) in [5, 5.41) is 2.70. The number of hydrogen-bond donors (Lipinski definition) is 1. The van der Waals surface area contributed by atoms with Gasteiger partial charge in [-0.15, -0.1) is 0 Å². The van der Waals surface area contributed by atoms with Crippen LogP contribution in [0.4, 0.5) is 13.2 Å². The predicted molar refractivity (Wildman–Crippen MR) is 89.9 cm³/mol. The van der Waals surface area contributed by atoms with Crippen molar-refractivity contribution in [2.24, 2.45) is 0 Å². The van der Waals surface area contributed by atoms with E-state index < -0.39 is 11.9 Å². The second-order valence-electron chi connectivity index (χ2n) is 6.91. The summed E-state index contributed by atoms with van der Waals surface area (Å²) >= 11 is 0. The Kier molecular flexibility index (Phi) is 5.50. The predicted octanol–water partition coefficient (Wildman–Crippen LogP) is 4.26. The molecule has 1 heterocycles. The molecule has 1 aromatic heterocycles. The molecule has 0 spiro atoms. The Morgan fingerprint density at radius 2 is 1.68 bits per heavy atom. The Hall–Kier alpha value is -2.37. The number of amides is 1. The van der Waals surface area contributed by atoms with Crippen LogP contribution >= 0.6 is 0 Å². The SMILES string of the molecule is CC(C)(C)c1ccc(CNC(=O)Cc2cccc(C(F)(F)F)n2)cc1. The maximum Gasteiger partial charge on any atom is 0.433 e. The van der Waals surface area contributed by atoms with E-state index in [2.05, 4.69) is 31.1 Å². The van der Waals surface area contributed by atoms with E-state index in [0.29, 0.717) is 6.54 Å². The molecule has 6 heteroatoms. The molecule has 1 N–H and O–H groups in total. The largest absolute Gasteiger partial charge is 0.433 e. The number of nitrogens with zero attached hydrogens (tertiary/aromatic N) is 1. The maximum absolute atomic E-state index is 12.6. The lowest BCUT2D eigenvalue weighted by Gasteiger charge is -2.19. The first-order valence-corrected chi connectivity index (χ1v) is 7.95. The molecule has 2 rings (SSSR count). The van der Waals surface area contributed by atoms with E-state index in [1.807, 2.05) is 24.3 Å². The minimum absolute atomic E-state index is 0.0525. The molecule has 0 aliphatic rings. The fourth-order valence-electron chi connectivity index (χ4n) is 2.29. The van der Waals surface area contributed by atoms with Crippen LogP contribution in [-0.4, -0.2) is 10.9 Å². The molecule has 0 fully saturated rings. The van der Waals surface area contributed by atoms with Gasteiger partial charge in [0.25, 0.3) is 0 Å². The molecule has 0 unspecified atom stereocenters. The molecule has 0 atom stereocenters. The van der Waals surface area contributed by atoms with E-state index in [4.69, 9.17) is 0 Å². The van der Waals surface area contributed by atoms with Gasteiger partial charge < -0.3 is 5.32 Å². The van der Waals surface area contributed by atoms with Crippen LogP contribution < -0.4 is 5.32 Å². The van der Waals surface area contributed by atoms with E-state index >= 15 is 0 Å². The average molecular weight is 350 g/mol. The first-order chi connectivity index (χ1) is 11.6. The van der Waals surface area contributed by atoms with Gasteiger partial charge in [-0.1, -0.05) is 51.1 Å². The summed E-state index contributed by atoms with van der Waals surface area (Å²) in [5.41, 5.74) is 1.27. The highest BCUT2D eigenvalue weighted by Gasteiger charge is 2.32. The number of rotatable bonds is 4. The highest BCUT2D eigenvalue weighted by atomic mass is 19.4. The van der Waals surface area contributed by atoms with Crippen LogP contribution in [0.1, 0.15) is 43.3 Å². The van der Waals surface area contributed by atoms with Gasteiger partial charge in [0.15, 0.2) is 0 Å². The van der Waals surface area contributed by atoms with Crippen molar-refractivity contribution >= 4 is 5.91 Å². The summed E-state index contributed by atoms with van der Waals surface area (Å²) in [5.74, 6) is -0.369. The summed E-state index contributed by atoms with van der Waals surface area (Å²) in [6, 6.07) is 11.4. The normalized spacial score (nSPS) is 12.1. The first kappa shape index (κ1) is 19.0. The minimum Gasteiger partial charge on any atom is -0.352 e. The number of halogens is 3. The average Bonchev–Trinajstić information content (AvgIpc) is 2.52. The molecular formula is C19H21F3N2O. The molecule has 25 heavy (non-hydrogen) atoms. The monoisotopic (exact) mass is 350 g/mol. The molecular weight excluding hydrogens is 329 g/mol. The van der Waals surface area contributed by atoms with Crippen molar-refractivity contribution in [2.45, 2.75) is 45.3 Å². The van der Waals surface area contributed by atoms with Crippen molar-refractivity contribution in [1.82, 2.24) is 10.3 Å². The zero-order valence-electron chi connectivity index (χ0n) is 14.4. The molecule has 2 aromatic rings. The number of hydrogen-bond acceptors (Lipinski definition) is 2. The van der Waals surface area contributed by atoms with Crippen molar-refractivity contribution < 1.29 is 18.0 Å². The van der Waals surface area contributed by atoms with E-state index in [1.54, 1.807) is 0 Å². The van der Waals surface area contributed by atoms with Gasteiger partial charge in [0.05, 0.1) is 12.1 Å². The Morgan fingerprint density at radius 3 is 2.24 bits per heavy atom. The Morgan fingerprint density at radius 1 is 1.04 bits per heavy atom. The number of benzene rings is 1. The molecule has 1 aromatic carbocycles. The van der Waals surface area contributed by atoms with Crippen LogP contribution in [0.15, 0.2) is 42.5 Å². The van der Waals surface area contributed by atoms with Crippen LogP contribution in [0.25, 0.3) is 0 Å². The topological polar surface area (TPSA) is 42.0 Å². The van der Waals surface area contributed by atoms with Gasteiger partial charge in [-0.25, -0.2) is 4.98 Å². The lowest BCUT2D eigenvalue weighted by atomic mass is 9.87. The standard InChI is InChI=1S/C19H21F3N2O/c1-18(2,3)14-9-7-13(8-10-14)12-23-17(25)11-15-5-4-6-16(24-15)19(20,21)22/h4-10H,11-12H2,1-3H3,(H,23,25). The highest BCUT2D eigenvalue weighted by molar-refractivity contribution is 5.78. The third-order valence-corrected chi connectivity index (χ3v) is 3.75.